The zero-order chi connectivity index (χ0) is 13.5. The Kier molecular flexibility index (Phi) is 6.16. The molecule has 0 aromatic heterocycles. The lowest BCUT2D eigenvalue weighted by Crippen LogP contribution is -2.35. The zero-order valence-electron chi connectivity index (χ0n) is 12.2. The molecule has 102 valence electrons. The van der Waals surface area contributed by atoms with E-state index < -0.39 is 0 Å². The molecule has 3 heteroatoms. The lowest BCUT2D eigenvalue weighted by Gasteiger charge is -2.20. The number of hydrogen-bond donors (Lipinski definition) is 1. The van der Waals surface area contributed by atoms with Gasteiger partial charge in [0.25, 0.3) is 0 Å². The lowest BCUT2D eigenvalue weighted by molar-refractivity contribution is 0.242. The first-order valence-electron chi connectivity index (χ1n) is 6.61. The summed E-state index contributed by atoms with van der Waals surface area (Å²) in [5, 5.41) is 3.46. The molecule has 0 bridgehead atoms. The van der Waals surface area contributed by atoms with E-state index >= 15 is 0 Å². The Balaban J connectivity index is 2.35. The Morgan fingerprint density at radius 1 is 1.11 bits per heavy atom. The van der Waals surface area contributed by atoms with E-state index in [4.69, 9.17) is 4.74 Å². The number of ether oxygens (including phenoxy) is 1. The first-order valence-corrected chi connectivity index (χ1v) is 6.61. The number of nitrogens with zero attached hydrogens (tertiary/aromatic N) is 1. The number of rotatable bonds is 7. The summed E-state index contributed by atoms with van der Waals surface area (Å²) in [6.45, 7) is 8.19. The highest BCUT2D eigenvalue weighted by Gasteiger charge is 2.03. The molecule has 0 aliphatic rings. The van der Waals surface area contributed by atoms with Crippen molar-refractivity contribution in [2.24, 2.45) is 0 Å². The van der Waals surface area contributed by atoms with Gasteiger partial charge >= 0.3 is 0 Å². The van der Waals surface area contributed by atoms with E-state index in [-0.39, 0.29) is 6.10 Å². The molecular weight excluding hydrogens is 224 g/mol. The maximum atomic E-state index is 5.62. The molecule has 1 aromatic carbocycles. The largest absolute Gasteiger partial charge is 0.491 e. The van der Waals surface area contributed by atoms with Gasteiger partial charge in [0.2, 0.25) is 0 Å². The third kappa shape index (κ3) is 5.52. The van der Waals surface area contributed by atoms with Gasteiger partial charge in [-0.25, -0.2) is 0 Å². The van der Waals surface area contributed by atoms with Crippen LogP contribution in [0.15, 0.2) is 24.3 Å². The van der Waals surface area contributed by atoms with Crippen LogP contribution in [0.4, 0.5) is 0 Å². The van der Waals surface area contributed by atoms with E-state index in [9.17, 15) is 0 Å². The van der Waals surface area contributed by atoms with Crippen molar-refractivity contribution in [1.82, 2.24) is 10.2 Å². The van der Waals surface area contributed by atoms with E-state index in [1.54, 1.807) is 0 Å². The van der Waals surface area contributed by atoms with Crippen molar-refractivity contribution in [3.8, 4) is 5.75 Å². The Morgan fingerprint density at radius 2 is 1.72 bits per heavy atom. The van der Waals surface area contributed by atoms with Crippen LogP contribution in [0.25, 0.3) is 0 Å². The van der Waals surface area contributed by atoms with Crippen LogP contribution >= 0.6 is 0 Å². The molecule has 0 fully saturated rings. The summed E-state index contributed by atoms with van der Waals surface area (Å²) >= 11 is 0. The Bertz CT molecular complexity index is 333. The van der Waals surface area contributed by atoms with Crippen molar-refractivity contribution in [2.75, 3.05) is 20.6 Å². The summed E-state index contributed by atoms with van der Waals surface area (Å²) in [7, 11) is 4.20. The predicted octanol–water partition coefficient (Wildman–Crippen LogP) is 2.51. The van der Waals surface area contributed by atoms with Gasteiger partial charge in [-0.2, -0.15) is 0 Å². The van der Waals surface area contributed by atoms with Crippen molar-refractivity contribution < 1.29 is 4.74 Å². The fourth-order valence-corrected chi connectivity index (χ4v) is 1.57. The molecule has 18 heavy (non-hydrogen) atoms. The second-order valence-electron chi connectivity index (χ2n) is 5.25. The fraction of sp³-hybridized carbons (Fsp3) is 0.600. The first-order chi connectivity index (χ1) is 8.49. The average Bonchev–Trinajstić information content (AvgIpc) is 2.30. The van der Waals surface area contributed by atoms with Crippen LogP contribution in [-0.2, 0) is 6.54 Å². The van der Waals surface area contributed by atoms with Crippen LogP contribution < -0.4 is 10.1 Å². The maximum Gasteiger partial charge on any atom is 0.119 e. The monoisotopic (exact) mass is 250 g/mol. The topological polar surface area (TPSA) is 24.5 Å². The van der Waals surface area contributed by atoms with Gasteiger partial charge in [-0.05, 0) is 52.6 Å². The van der Waals surface area contributed by atoms with Gasteiger partial charge in [0, 0.05) is 19.1 Å². The van der Waals surface area contributed by atoms with Gasteiger partial charge in [0.05, 0.1) is 6.10 Å². The van der Waals surface area contributed by atoms with Crippen molar-refractivity contribution in [2.45, 2.75) is 39.5 Å². The minimum absolute atomic E-state index is 0.231. The van der Waals surface area contributed by atoms with Crippen LogP contribution in [0, 0.1) is 0 Å². The average molecular weight is 250 g/mol. The normalized spacial score (nSPS) is 13.1. The second kappa shape index (κ2) is 7.39. The predicted molar refractivity (Wildman–Crippen MR) is 77.1 cm³/mol. The fourth-order valence-electron chi connectivity index (χ4n) is 1.57. The van der Waals surface area contributed by atoms with E-state index in [1.807, 2.05) is 26.0 Å². The first kappa shape index (κ1) is 15.0. The molecule has 0 spiro atoms. The second-order valence-corrected chi connectivity index (χ2v) is 5.25. The van der Waals surface area contributed by atoms with Crippen LogP contribution in [0.3, 0.4) is 0 Å². The molecule has 1 aromatic rings. The summed E-state index contributed by atoms with van der Waals surface area (Å²) in [5.41, 5.74) is 1.29. The summed E-state index contributed by atoms with van der Waals surface area (Å²) in [6, 6.07) is 8.85. The minimum atomic E-state index is 0.231. The van der Waals surface area contributed by atoms with Crippen molar-refractivity contribution in [1.29, 1.82) is 0 Å². The van der Waals surface area contributed by atoms with E-state index in [0.29, 0.717) is 6.04 Å². The van der Waals surface area contributed by atoms with Crippen LogP contribution in [0.5, 0.6) is 5.75 Å². The zero-order valence-corrected chi connectivity index (χ0v) is 12.2. The minimum Gasteiger partial charge on any atom is -0.491 e. The SMILES string of the molecule is CC(C)Oc1ccc(CNCC(C)N(C)C)cc1. The maximum absolute atomic E-state index is 5.62. The van der Waals surface area contributed by atoms with E-state index in [1.165, 1.54) is 5.56 Å². The molecule has 0 aliphatic heterocycles. The van der Waals surface area contributed by atoms with Crippen molar-refractivity contribution in [3.05, 3.63) is 29.8 Å². The number of nitrogens with one attached hydrogen (secondary N) is 1. The highest BCUT2D eigenvalue weighted by Crippen LogP contribution is 2.13. The van der Waals surface area contributed by atoms with Crippen LogP contribution in [0.2, 0.25) is 0 Å². The molecule has 1 N–H and O–H groups in total. The molecule has 3 nitrogen and oxygen atoms in total. The standard InChI is InChI=1S/C15H26N2O/c1-12(2)18-15-8-6-14(7-9-15)11-16-10-13(3)17(4)5/h6-9,12-13,16H,10-11H2,1-5H3. The summed E-state index contributed by atoms with van der Waals surface area (Å²) < 4.78 is 5.62. The van der Waals surface area contributed by atoms with Crippen molar-refractivity contribution >= 4 is 0 Å². The Hall–Kier alpha value is -1.06. The molecule has 1 rings (SSSR count). The molecule has 0 amide bonds. The van der Waals surface area contributed by atoms with Crippen molar-refractivity contribution in [3.63, 3.8) is 0 Å². The lowest BCUT2D eigenvalue weighted by atomic mass is 10.2. The third-order valence-electron chi connectivity index (χ3n) is 2.95. The van der Waals surface area contributed by atoms with Gasteiger partial charge < -0.3 is 15.0 Å². The number of benzene rings is 1. The molecule has 1 unspecified atom stereocenters. The van der Waals surface area contributed by atoms with Gasteiger partial charge in [-0.1, -0.05) is 12.1 Å². The molecule has 0 saturated heterocycles. The summed E-state index contributed by atoms with van der Waals surface area (Å²) in [4.78, 5) is 2.21. The number of likely N-dealkylation sites (N-methyl/N-ethyl adjacent to an activating group) is 1. The highest BCUT2D eigenvalue weighted by atomic mass is 16.5. The molecule has 0 saturated carbocycles. The smallest absolute Gasteiger partial charge is 0.119 e. The molecule has 0 aliphatic carbocycles. The molecular formula is C15H26N2O. The number of hydrogen-bond acceptors (Lipinski definition) is 3. The summed E-state index contributed by atoms with van der Waals surface area (Å²) in [5.74, 6) is 0.940. The van der Waals surface area contributed by atoms with Gasteiger partial charge in [0.1, 0.15) is 5.75 Å². The molecule has 1 atom stereocenters. The highest BCUT2D eigenvalue weighted by molar-refractivity contribution is 5.27. The van der Waals surface area contributed by atoms with Crippen LogP contribution in [-0.4, -0.2) is 37.7 Å². The Labute approximate surface area is 111 Å². The van der Waals surface area contributed by atoms with E-state index in [2.05, 4.69) is 43.4 Å². The van der Waals surface area contributed by atoms with E-state index in [0.717, 1.165) is 18.8 Å². The van der Waals surface area contributed by atoms with Gasteiger partial charge in [-0.3, -0.25) is 0 Å². The quantitative estimate of drug-likeness (QED) is 0.805. The van der Waals surface area contributed by atoms with Gasteiger partial charge in [0.15, 0.2) is 0 Å². The third-order valence-corrected chi connectivity index (χ3v) is 2.95. The van der Waals surface area contributed by atoms with Crippen LogP contribution in [0.1, 0.15) is 26.3 Å². The Morgan fingerprint density at radius 3 is 2.22 bits per heavy atom. The molecule has 0 radical (unpaired) electrons. The summed E-state index contributed by atoms with van der Waals surface area (Å²) in [6.07, 6.45) is 0.231. The molecule has 0 heterocycles. The van der Waals surface area contributed by atoms with Gasteiger partial charge in [-0.15, -0.1) is 0 Å².